The van der Waals surface area contributed by atoms with Crippen molar-refractivity contribution < 1.29 is 43.7 Å². The van der Waals surface area contributed by atoms with Gasteiger partial charge >= 0.3 is 11.9 Å². The lowest BCUT2D eigenvalue weighted by molar-refractivity contribution is -0.166. The summed E-state index contributed by atoms with van der Waals surface area (Å²) in [6.45, 7) is 10.8. The van der Waals surface area contributed by atoms with Gasteiger partial charge in [-0.15, -0.1) is 0 Å². The minimum Gasteiger partial charge on any atom is -0.463 e. The van der Waals surface area contributed by atoms with Crippen molar-refractivity contribution in [2.24, 2.45) is 17.8 Å². The van der Waals surface area contributed by atoms with E-state index in [0.29, 0.717) is 6.42 Å². The highest BCUT2D eigenvalue weighted by Crippen LogP contribution is 2.25. The van der Waals surface area contributed by atoms with E-state index < -0.39 is 84.5 Å². The third-order valence-electron chi connectivity index (χ3n) is 8.75. The number of aliphatic hydroxyl groups is 2. The van der Waals surface area contributed by atoms with Gasteiger partial charge in [-0.1, -0.05) is 105 Å². The minimum absolute atomic E-state index is 0.388. The molecule has 12 heteroatoms. The minimum atomic E-state index is -1.50. The van der Waals surface area contributed by atoms with Crippen LogP contribution in [0, 0.1) is 17.8 Å². The topological polar surface area (TPSA) is 180 Å². The molecule has 266 valence electrons. The van der Waals surface area contributed by atoms with Gasteiger partial charge in [0.2, 0.25) is 17.7 Å². The molecule has 0 aromatic rings. The number of hydrogen-bond donors (Lipinski definition) is 5. The Morgan fingerprint density at radius 2 is 1.28 bits per heavy atom. The molecule has 0 radical (unpaired) electrons. The Bertz CT molecular complexity index is 958. The SMILES string of the molecule is CCCCCCCCCCCCCC(O)C(C)C1OC(=O)C(COC(C)=O)NC(=O)C(C(C)O)NC(=O)C(C(C)C)NC(=O)C1C. The maximum Gasteiger partial charge on any atom is 0.332 e. The summed E-state index contributed by atoms with van der Waals surface area (Å²) in [6, 6.07) is -4.03. The summed E-state index contributed by atoms with van der Waals surface area (Å²) in [5.74, 6) is -5.92. The Morgan fingerprint density at radius 1 is 0.783 bits per heavy atom. The van der Waals surface area contributed by atoms with E-state index >= 15 is 0 Å². The van der Waals surface area contributed by atoms with Gasteiger partial charge in [-0.05, 0) is 19.3 Å². The van der Waals surface area contributed by atoms with E-state index in [9.17, 15) is 34.2 Å². The van der Waals surface area contributed by atoms with Crippen LogP contribution >= 0.6 is 0 Å². The molecule has 0 saturated carbocycles. The van der Waals surface area contributed by atoms with Crippen LogP contribution in [-0.2, 0) is 33.4 Å². The van der Waals surface area contributed by atoms with Crippen molar-refractivity contribution in [3.8, 4) is 0 Å². The summed E-state index contributed by atoms with van der Waals surface area (Å²) < 4.78 is 10.8. The van der Waals surface area contributed by atoms with Crippen LogP contribution in [0.15, 0.2) is 0 Å². The predicted octanol–water partition coefficient (Wildman–Crippen LogP) is 3.30. The van der Waals surface area contributed by atoms with Gasteiger partial charge in [-0.2, -0.15) is 0 Å². The summed E-state index contributed by atoms with van der Waals surface area (Å²) >= 11 is 0. The predicted molar refractivity (Wildman–Crippen MR) is 174 cm³/mol. The van der Waals surface area contributed by atoms with E-state index in [2.05, 4.69) is 22.9 Å². The quantitative estimate of drug-likeness (QED) is 0.109. The fraction of sp³-hybridized carbons (Fsp3) is 0.853. The van der Waals surface area contributed by atoms with Crippen molar-refractivity contribution in [2.75, 3.05) is 6.61 Å². The fourth-order valence-electron chi connectivity index (χ4n) is 5.63. The number of aliphatic hydroxyl groups excluding tert-OH is 2. The first-order chi connectivity index (χ1) is 21.7. The third kappa shape index (κ3) is 14.8. The largest absolute Gasteiger partial charge is 0.463 e. The molecular formula is C34H61N3O9. The van der Waals surface area contributed by atoms with Crippen LogP contribution in [0.5, 0.6) is 0 Å². The van der Waals surface area contributed by atoms with E-state index in [1.807, 2.05) is 0 Å². The van der Waals surface area contributed by atoms with Crippen molar-refractivity contribution in [3.05, 3.63) is 0 Å². The van der Waals surface area contributed by atoms with Crippen molar-refractivity contribution in [3.63, 3.8) is 0 Å². The zero-order valence-corrected chi connectivity index (χ0v) is 29.1. The monoisotopic (exact) mass is 655 g/mol. The van der Waals surface area contributed by atoms with Crippen LogP contribution in [0.2, 0.25) is 0 Å². The molecule has 8 unspecified atom stereocenters. The lowest BCUT2D eigenvalue weighted by Gasteiger charge is -2.33. The Kier molecular flexibility index (Phi) is 19.7. The first-order valence-corrected chi connectivity index (χ1v) is 17.3. The molecule has 0 bridgehead atoms. The Morgan fingerprint density at radius 3 is 1.78 bits per heavy atom. The lowest BCUT2D eigenvalue weighted by Crippen LogP contribution is -2.60. The van der Waals surface area contributed by atoms with Crippen LogP contribution in [0.4, 0.5) is 0 Å². The molecule has 5 N–H and O–H groups in total. The highest BCUT2D eigenvalue weighted by Gasteiger charge is 2.41. The lowest BCUT2D eigenvalue weighted by atomic mass is 9.86. The summed E-state index contributed by atoms with van der Waals surface area (Å²) in [6.07, 6.45) is 9.87. The van der Waals surface area contributed by atoms with Crippen molar-refractivity contribution in [2.45, 2.75) is 162 Å². The highest BCUT2D eigenvalue weighted by atomic mass is 16.6. The standard InChI is InChI=1S/C34H61N3O9/c1-8-9-10-11-12-13-14-15-16-17-18-19-27(40)22(4)30-23(5)31(41)36-28(21(2)3)32(42)37-29(24(6)38)33(43)35-26(34(44)46-30)20-45-25(7)39/h21-24,26-30,38,40H,8-20H2,1-7H3,(H,35,43)(H,36,41)(H,37,42). The summed E-state index contributed by atoms with van der Waals surface area (Å²) in [4.78, 5) is 64.8. The number of ether oxygens (including phenoxy) is 2. The summed E-state index contributed by atoms with van der Waals surface area (Å²) in [7, 11) is 0. The van der Waals surface area contributed by atoms with Gasteiger partial charge in [0.05, 0.1) is 18.1 Å². The number of cyclic esters (lactones) is 1. The van der Waals surface area contributed by atoms with Gasteiger partial charge in [-0.25, -0.2) is 4.79 Å². The molecular weight excluding hydrogens is 594 g/mol. The molecule has 1 saturated heterocycles. The molecule has 8 atom stereocenters. The summed E-state index contributed by atoms with van der Waals surface area (Å²) in [5, 5.41) is 29.0. The number of unbranched alkanes of at least 4 members (excludes halogenated alkanes) is 10. The maximum atomic E-state index is 13.5. The number of rotatable bonds is 18. The zero-order chi connectivity index (χ0) is 34.8. The number of esters is 2. The second kappa shape index (κ2) is 22.0. The molecule has 0 spiro atoms. The Hall–Kier alpha value is -2.73. The van der Waals surface area contributed by atoms with Crippen LogP contribution in [0.25, 0.3) is 0 Å². The molecule has 1 fully saturated rings. The van der Waals surface area contributed by atoms with E-state index in [1.54, 1.807) is 27.7 Å². The molecule has 1 aliphatic heterocycles. The number of hydrogen-bond acceptors (Lipinski definition) is 9. The van der Waals surface area contributed by atoms with Gasteiger partial charge < -0.3 is 35.6 Å². The Labute approximate surface area is 275 Å². The number of carbonyl (C=O) groups excluding carboxylic acids is 5. The highest BCUT2D eigenvalue weighted by molar-refractivity contribution is 5.94. The van der Waals surface area contributed by atoms with Crippen molar-refractivity contribution in [1.29, 1.82) is 0 Å². The number of nitrogens with one attached hydrogen (secondary N) is 3. The average Bonchev–Trinajstić information content (AvgIpc) is 3.00. The average molecular weight is 656 g/mol. The summed E-state index contributed by atoms with van der Waals surface area (Å²) in [5.41, 5.74) is 0. The van der Waals surface area contributed by atoms with Gasteiger partial charge in [0.15, 0.2) is 6.04 Å². The molecule has 1 heterocycles. The van der Waals surface area contributed by atoms with Gasteiger partial charge in [-0.3, -0.25) is 19.2 Å². The molecule has 1 aliphatic rings. The van der Waals surface area contributed by atoms with Crippen LogP contribution in [0.1, 0.15) is 126 Å². The van der Waals surface area contributed by atoms with Gasteiger partial charge in [0.25, 0.3) is 0 Å². The fourth-order valence-corrected chi connectivity index (χ4v) is 5.63. The zero-order valence-electron chi connectivity index (χ0n) is 29.1. The molecule has 1 rings (SSSR count). The van der Waals surface area contributed by atoms with Gasteiger partial charge in [0, 0.05) is 12.8 Å². The smallest absolute Gasteiger partial charge is 0.332 e. The van der Waals surface area contributed by atoms with E-state index in [1.165, 1.54) is 51.9 Å². The van der Waals surface area contributed by atoms with E-state index in [-0.39, 0.29) is 5.92 Å². The normalized spacial score (nSPS) is 25.1. The van der Waals surface area contributed by atoms with Crippen LogP contribution < -0.4 is 16.0 Å². The van der Waals surface area contributed by atoms with Gasteiger partial charge in [0.1, 0.15) is 24.8 Å². The van der Waals surface area contributed by atoms with Crippen molar-refractivity contribution in [1.82, 2.24) is 16.0 Å². The Balaban J connectivity index is 3.08. The first kappa shape index (κ1) is 41.3. The first-order valence-electron chi connectivity index (χ1n) is 17.3. The number of amides is 3. The second-order valence-electron chi connectivity index (χ2n) is 13.3. The van der Waals surface area contributed by atoms with E-state index in [0.717, 1.165) is 32.6 Å². The van der Waals surface area contributed by atoms with Crippen LogP contribution in [0.3, 0.4) is 0 Å². The molecule has 0 aromatic heterocycles. The molecule has 12 nitrogen and oxygen atoms in total. The second-order valence-corrected chi connectivity index (χ2v) is 13.3. The maximum absolute atomic E-state index is 13.5. The van der Waals surface area contributed by atoms with Crippen LogP contribution in [-0.4, -0.2) is 82.9 Å². The molecule has 0 aromatic carbocycles. The number of carbonyl (C=O) groups is 5. The molecule has 46 heavy (non-hydrogen) atoms. The third-order valence-corrected chi connectivity index (χ3v) is 8.75. The molecule has 3 amide bonds. The van der Waals surface area contributed by atoms with E-state index in [4.69, 9.17) is 9.47 Å². The van der Waals surface area contributed by atoms with Crippen molar-refractivity contribution >= 4 is 29.7 Å². The molecule has 0 aliphatic carbocycles.